The topological polar surface area (TPSA) is 15.3 Å². The van der Waals surface area contributed by atoms with Crippen molar-refractivity contribution in [3.05, 3.63) is 0 Å². The van der Waals surface area contributed by atoms with Gasteiger partial charge in [0.2, 0.25) is 0 Å². The summed E-state index contributed by atoms with van der Waals surface area (Å²) in [5.74, 6) is 0. The molecule has 0 bridgehead atoms. The quantitative estimate of drug-likeness (QED) is 0.602. The predicted octanol–water partition coefficient (Wildman–Crippen LogP) is 2.25. The van der Waals surface area contributed by atoms with Gasteiger partial charge < -0.3 is 10.2 Å². The molecule has 0 saturated heterocycles. The predicted molar refractivity (Wildman–Crippen MR) is 62.6 cm³/mol. The summed E-state index contributed by atoms with van der Waals surface area (Å²) in [7, 11) is 2.26. The zero-order valence-electron chi connectivity index (χ0n) is 10.1. The molecule has 0 aromatic carbocycles. The Morgan fingerprint density at radius 1 is 1.29 bits per heavy atom. The summed E-state index contributed by atoms with van der Waals surface area (Å²) in [4.78, 5) is 2.51. The molecule has 1 saturated carbocycles. The monoisotopic (exact) mass is 198 g/mol. The van der Waals surface area contributed by atoms with E-state index in [-0.39, 0.29) is 0 Å². The molecule has 1 fully saturated rings. The van der Waals surface area contributed by atoms with Crippen LogP contribution in [0.4, 0.5) is 0 Å². The molecular weight excluding hydrogens is 172 g/mol. The van der Waals surface area contributed by atoms with E-state index in [1.807, 2.05) is 0 Å². The molecule has 0 aliphatic heterocycles. The molecule has 2 nitrogen and oxygen atoms in total. The molecule has 0 amide bonds. The van der Waals surface area contributed by atoms with Gasteiger partial charge in [-0.15, -0.1) is 0 Å². The number of hydrogen-bond donors (Lipinski definition) is 1. The maximum absolute atomic E-state index is 3.56. The van der Waals surface area contributed by atoms with Crippen LogP contribution in [0.2, 0.25) is 0 Å². The minimum Gasteiger partial charge on any atom is -0.314 e. The first-order chi connectivity index (χ1) is 6.77. The fourth-order valence-corrected chi connectivity index (χ4v) is 2.02. The normalized spacial score (nSPS) is 16.9. The molecule has 14 heavy (non-hydrogen) atoms. The van der Waals surface area contributed by atoms with Gasteiger partial charge in [0.15, 0.2) is 0 Å². The lowest BCUT2D eigenvalue weighted by molar-refractivity contribution is 0.226. The number of nitrogens with zero attached hydrogens (tertiary/aromatic N) is 1. The van der Waals surface area contributed by atoms with Crippen LogP contribution in [0.15, 0.2) is 0 Å². The molecule has 0 spiro atoms. The van der Waals surface area contributed by atoms with E-state index >= 15 is 0 Å². The Bertz CT molecular complexity index is 139. The maximum atomic E-state index is 3.56. The van der Waals surface area contributed by atoms with Crippen LogP contribution in [-0.4, -0.2) is 37.1 Å². The lowest BCUT2D eigenvalue weighted by Crippen LogP contribution is -2.33. The molecule has 1 N–H and O–H groups in total. The molecule has 1 rings (SSSR count). The summed E-state index contributed by atoms with van der Waals surface area (Å²) in [5.41, 5.74) is 0. The van der Waals surface area contributed by atoms with Crippen molar-refractivity contribution < 1.29 is 0 Å². The van der Waals surface area contributed by atoms with Gasteiger partial charge in [-0.05, 0) is 52.2 Å². The lowest BCUT2D eigenvalue weighted by Gasteiger charge is -2.25. The van der Waals surface area contributed by atoms with Crippen molar-refractivity contribution in [3.63, 3.8) is 0 Å². The van der Waals surface area contributed by atoms with Crippen molar-refractivity contribution in [2.75, 3.05) is 20.1 Å². The minimum absolute atomic E-state index is 0.788. The lowest BCUT2D eigenvalue weighted by atomic mass is 10.1. The van der Waals surface area contributed by atoms with Gasteiger partial charge in [0, 0.05) is 12.1 Å². The van der Waals surface area contributed by atoms with Gasteiger partial charge in [-0.1, -0.05) is 13.8 Å². The van der Waals surface area contributed by atoms with Crippen molar-refractivity contribution in [1.82, 2.24) is 10.2 Å². The number of hydrogen-bond acceptors (Lipinski definition) is 2. The molecule has 0 unspecified atom stereocenters. The fraction of sp³-hybridized carbons (Fsp3) is 1.00. The van der Waals surface area contributed by atoms with Crippen LogP contribution in [0.25, 0.3) is 0 Å². The van der Waals surface area contributed by atoms with E-state index in [1.165, 1.54) is 45.2 Å². The van der Waals surface area contributed by atoms with Gasteiger partial charge in [0.05, 0.1) is 0 Å². The first-order valence-corrected chi connectivity index (χ1v) is 6.21. The van der Waals surface area contributed by atoms with Crippen LogP contribution in [0.3, 0.4) is 0 Å². The van der Waals surface area contributed by atoms with Crippen molar-refractivity contribution in [2.24, 2.45) is 0 Å². The summed E-state index contributed by atoms with van der Waals surface area (Å²) < 4.78 is 0. The van der Waals surface area contributed by atoms with Crippen LogP contribution < -0.4 is 5.32 Å². The molecule has 0 aromatic heterocycles. The molecule has 84 valence electrons. The van der Waals surface area contributed by atoms with E-state index < -0.39 is 0 Å². The molecule has 2 heteroatoms. The van der Waals surface area contributed by atoms with E-state index in [9.17, 15) is 0 Å². The highest BCUT2D eigenvalue weighted by molar-refractivity contribution is 4.80. The van der Waals surface area contributed by atoms with E-state index in [1.54, 1.807) is 0 Å². The van der Waals surface area contributed by atoms with Crippen LogP contribution in [0.5, 0.6) is 0 Å². The molecule has 0 aromatic rings. The minimum atomic E-state index is 0.788. The summed E-state index contributed by atoms with van der Waals surface area (Å²) >= 11 is 0. The van der Waals surface area contributed by atoms with Gasteiger partial charge in [0.25, 0.3) is 0 Å². The van der Waals surface area contributed by atoms with Crippen molar-refractivity contribution in [2.45, 2.75) is 58.0 Å². The molecule has 1 aliphatic carbocycles. The van der Waals surface area contributed by atoms with E-state index in [2.05, 4.69) is 31.1 Å². The first kappa shape index (κ1) is 12.0. The summed E-state index contributed by atoms with van der Waals surface area (Å²) in [6.07, 6.45) is 6.67. The largest absolute Gasteiger partial charge is 0.314 e. The van der Waals surface area contributed by atoms with Crippen molar-refractivity contribution in [3.8, 4) is 0 Å². The van der Waals surface area contributed by atoms with Gasteiger partial charge in [-0.25, -0.2) is 0 Å². The highest BCUT2D eigenvalue weighted by atomic mass is 15.1. The highest BCUT2D eigenvalue weighted by Gasteiger charge is 2.19. The summed E-state index contributed by atoms with van der Waals surface area (Å²) in [5, 5.41) is 3.56. The second-order valence-electron chi connectivity index (χ2n) is 4.53. The molecule has 0 radical (unpaired) electrons. The van der Waals surface area contributed by atoms with Gasteiger partial charge in [-0.3, -0.25) is 0 Å². The standard InChI is InChI=1S/C12H26N2/c1-4-12(5-2)14(3)10-6-9-13-11-7-8-11/h11-13H,4-10H2,1-3H3. The van der Waals surface area contributed by atoms with Crippen molar-refractivity contribution >= 4 is 0 Å². The van der Waals surface area contributed by atoms with Gasteiger partial charge in [-0.2, -0.15) is 0 Å². The van der Waals surface area contributed by atoms with Crippen LogP contribution in [-0.2, 0) is 0 Å². The Labute approximate surface area is 89.1 Å². The third-order valence-corrected chi connectivity index (χ3v) is 3.26. The van der Waals surface area contributed by atoms with E-state index in [4.69, 9.17) is 0 Å². The number of rotatable bonds is 8. The fourth-order valence-electron chi connectivity index (χ4n) is 2.02. The second kappa shape index (κ2) is 6.41. The smallest absolute Gasteiger partial charge is 0.00869 e. The van der Waals surface area contributed by atoms with Gasteiger partial charge in [0.1, 0.15) is 0 Å². The SMILES string of the molecule is CCC(CC)N(C)CCCNC1CC1. The maximum Gasteiger partial charge on any atom is 0.00869 e. The second-order valence-corrected chi connectivity index (χ2v) is 4.53. The van der Waals surface area contributed by atoms with Gasteiger partial charge >= 0.3 is 0 Å². The van der Waals surface area contributed by atoms with Crippen LogP contribution in [0.1, 0.15) is 46.0 Å². The number of nitrogens with one attached hydrogen (secondary N) is 1. The first-order valence-electron chi connectivity index (χ1n) is 6.21. The molecule has 0 atom stereocenters. The Balaban J connectivity index is 1.97. The third kappa shape index (κ3) is 4.43. The summed E-state index contributed by atoms with van der Waals surface area (Å²) in [6.45, 7) is 7.02. The summed E-state index contributed by atoms with van der Waals surface area (Å²) in [6, 6.07) is 1.66. The molecule has 0 heterocycles. The Morgan fingerprint density at radius 3 is 2.43 bits per heavy atom. The third-order valence-electron chi connectivity index (χ3n) is 3.26. The van der Waals surface area contributed by atoms with Crippen LogP contribution >= 0.6 is 0 Å². The molecular formula is C12H26N2. The molecule has 1 aliphatic rings. The zero-order chi connectivity index (χ0) is 10.4. The van der Waals surface area contributed by atoms with Crippen LogP contribution in [0, 0.1) is 0 Å². The average Bonchev–Trinajstić information content (AvgIpc) is 2.98. The highest BCUT2D eigenvalue weighted by Crippen LogP contribution is 2.18. The Hall–Kier alpha value is -0.0800. The van der Waals surface area contributed by atoms with E-state index in [0.29, 0.717) is 0 Å². The average molecular weight is 198 g/mol. The van der Waals surface area contributed by atoms with E-state index in [0.717, 1.165) is 12.1 Å². The zero-order valence-corrected chi connectivity index (χ0v) is 10.1. The van der Waals surface area contributed by atoms with Crippen molar-refractivity contribution in [1.29, 1.82) is 0 Å². The Morgan fingerprint density at radius 2 is 1.93 bits per heavy atom. The Kier molecular flexibility index (Phi) is 5.49.